The van der Waals surface area contributed by atoms with Gasteiger partial charge in [-0.05, 0) is 103 Å². The number of phenols is 4. The van der Waals surface area contributed by atoms with E-state index >= 15 is 0 Å². The van der Waals surface area contributed by atoms with Crippen molar-refractivity contribution in [3.63, 3.8) is 0 Å². The molecular weight excluding hydrogens is 825 g/mol. The summed E-state index contributed by atoms with van der Waals surface area (Å²) in [5, 5.41) is 45.8. The van der Waals surface area contributed by atoms with Crippen LogP contribution >= 0.6 is 0 Å². The van der Waals surface area contributed by atoms with Crippen molar-refractivity contribution < 1.29 is 39.5 Å². The normalized spacial score (nSPS) is 13.3. The molecule has 7 rings (SSSR count). The number of carbonyl (C=O) groups excluding carboxylic acids is 2. The summed E-state index contributed by atoms with van der Waals surface area (Å²) in [4.78, 5) is 28.3. The van der Waals surface area contributed by atoms with E-state index in [1.54, 1.807) is 24.3 Å². The Hall–Kier alpha value is -6.54. The maximum Gasteiger partial charge on any atom is 0.343 e. The number of rotatable bonds is 4. The van der Waals surface area contributed by atoms with E-state index in [1.165, 1.54) is 24.3 Å². The number of fused-ring (bicyclic) bond motifs is 8. The van der Waals surface area contributed by atoms with Gasteiger partial charge >= 0.3 is 11.9 Å². The van der Waals surface area contributed by atoms with Gasteiger partial charge in [0.25, 0.3) is 0 Å². The average molecular weight is 889 g/mol. The van der Waals surface area contributed by atoms with Gasteiger partial charge in [-0.2, -0.15) is 0 Å². The Balaban J connectivity index is 1.58. The van der Waals surface area contributed by atoms with Crippen LogP contribution in [0.3, 0.4) is 0 Å². The quantitative estimate of drug-likeness (QED) is 0.101. The van der Waals surface area contributed by atoms with Crippen LogP contribution in [0.25, 0.3) is 0 Å². The van der Waals surface area contributed by atoms with Crippen molar-refractivity contribution in [2.24, 2.45) is 0 Å². The lowest BCUT2D eigenvalue weighted by Crippen LogP contribution is -2.18. The van der Waals surface area contributed by atoms with Gasteiger partial charge in [-0.3, -0.25) is 0 Å². The van der Waals surface area contributed by atoms with Crippen LogP contribution in [0.15, 0.2) is 97.1 Å². The molecule has 8 nitrogen and oxygen atoms in total. The molecule has 344 valence electrons. The first-order chi connectivity index (χ1) is 30.6. The highest BCUT2D eigenvalue weighted by Crippen LogP contribution is 2.44. The topological polar surface area (TPSA) is 134 Å². The number of esters is 2. The molecule has 0 unspecified atom stereocenters. The number of carbonyl (C=O) groups is 2. The number of phenolic OH excluding ortho intramolecular Hbond substituents is 4. The fourth-order valence-electron chi connectivity index (χ4n) is 8.48. The zero-order valence-corrected chi connectivity index (χ0v) is 40.5. The number of benzene rings is 6. The van der Waals surface area contributed by atoms with Gasteiger partial charge in [0.2, 0.25) is 0 Å². The lowest BCUT2D eigenvalue weighted by atomic mass is 9.79. The van der Waals surface area contributed by atoms with Gasteiger partial charge in [-0.15, -0.1) is 0 Å². The first kappa shape index (κ1) is 47.4. The predicted octanol–water partition coefficient (Wildman–Crippen LogP) is 12.8. The minimum absolute atomic E-state index is 0.0636. The lowest BCUT2D eigenvalue weighted by molar-refractivity contribution is 0.0722. The average Bonchev–Trinajstić information content (AvgIpc) is 3.20. The van der Waals surface area contributed by atoms with Crippen LogP contribution in [0.4, 0.5) is 0 Å². The van der Waals surface area contributed by atoms with Crippen molar-refractivity contribution in [1.29, 1.82) is 0 Å². The summed E-state index contributed by atoms with van der Waals surface area (Å²) in [6.07, 6.45) is 0.699. The molecule has 6 aromatic carbocycles. The summed E-state index contributed by atoms with van der Waals surface area (Å²) in [7, 11) is 0. The standard InChI is InChI=1S/C58H64O8/c1-55(2,3)43-23-35-19-39-27-45(57(7,8)9)29-41(51(39)65-53(63)33-15-13-17-47(59)31-33)21-37-25-44(56(4,5)6)26-38(50(37)62)22-42-30-46(58(10,11)12)28-40(20-36(24-43)49(35)61)52(42)66-54(64)34-16-14-18-48(60)32-34/h13-18,23-32,59-62H,19-22H2,1-12H3. The third-order valence-corrected chi connectivity index (χ3v) is 12.6. The Bertz CT molecular complexity index is 2580. The molecule has 0 radical (unpaired) electrons. The monoisotopic (exact) mass is 888 g/mol. The van der Waals surface area contributed by atoms with Crippen molar-refractivity contribution in [1.82, 2.24) is 0 Å². The second kappa shape index (κ2) is 17.4. The second-order valence-electron chi connectivity index (χ2n) is 22.1. The van der Waals surface area contributed by atoms with Gasteiger partial charge in [0.05, 0.1) is 11.1 Å². The molecule has 0 saturated heterocycles. The van der Waals surface area contributed by atoms with E-state index in [9.17, 15) is 30.0 Å². The van der Waals surface area contributed by atoms with Crippen molar-refractivity contribution >= 4 is 11.9 Å². The third-order valence-electron chi connectivity index (χ3n) is 12.6. The molecule has 0 spiro atoms. The molecule has 0 heterocycles. The molecule has 0 atom stereocenters. The first-order valence-corrected chi connectivity index (χ1v) is 22.7. The highest BCUT2D eigenvalue weighted by atomic mass is 16.5. The van der Waals surface area contributed by atoms with Crippen LogP contribution in [0.5, 0.6) is 34.5 Å². The fraction of sp³-hybridized carbons (Fsp3) is 0.345. The minimum atomic E-state index is -0.658. The summed E-state index contributed by atoms with van der Waals surface area (Å²) in [6.45, 7) is 25.4. The SMILES string of the molecule is CC(C)(C)c1cc2c(O)c(c1)Cc1cc(C(C)(C)C)cc(c1OC(=O)c1cccc(O)c1)Cc1cc(C(C)(C)C)cc(c1O)Cc1cc(C(C)(C)C)cc(c1OC(=O)c1cccc(O)c1)C2. The first-order valence-electron chi connectivity index (χ1n) is 22.7. The van der Waals surface area contributed by atoms with Crippen molar-refractivity contribution in [3.05, 3.63) is 175 Å². The third kappa shape index (κ3) is 10.3. The van der Waals surface area contributed by atoms with Crippen molar-refractivity contribution in [2.75, 3.05) is 0 Å². The van der Waals surface area contributed by atoms with Crippen LogP contribution < -0.4 is 9.47 Å². The lowest BCUT2D eigenvalue weighted by Gasteiger charge is -2.28. The molecular formula is C58H64O8. The number of hydrogen-bond acceptors (Lipinski definition) is 8. The summed E-state index contributed by atoms with van der Waals surface area (Å²) in [5.74, 6) is -0.703. The van der Waals surface area contributed by atoms with E-state index < -0.39 is 11.9 Å². The summed E-state index contributed by atoms with van der Waals surface area (Å²) >= 11 is 0. The molecule has 0 saturated carbocycles. The molecule has 0 aliphatic heterocycles. The van der Waals surface area contributed by atoms with E-state index in [1.807, 2.05) is 48.5 Å². The Labute approximate surface area is 389 Å². The highest BCUT2D eigenvalue weighted by Gasteiger charge is 2.30. The van der Waals surface area contributed by atoms with Crippen LogP contribution in [0.2, 0.25) is 0 Å². The smallest absolute Gasteiger partial charge is 0.343 e. The van der Waals surface area contributed by atoms with Gasteiger partial charge in [0.15, 0.2) is 0 Å². The molecule has 0 aromatic heterocycles. The van der Waals surface area contributed by atoms with E-state index in [2.05, 4.69) is 83.1 Å². The fourth-order valence-corrected chi connectivity index (χ4v) is 8.48. The van der Waals surface area contributed by atoms with Gasteiger partial charge in [-0.1, -0.05) is 144 Å². The molecule has 8 bridgehead atoms. The Kier molecular flexibility index (Phi) is 12.5. The minimum Gasteiger partial charge on any atom is -0.508 e. The summed E-state index contributed by atoms with van der Waals surface area (Å²) in [6, 6.07) is 28.3. The van der Waals surface area contributed by atoms with E-state index in [-0.39, 0.29) is 81.5 Å². The van der Waals surface area contributed by atoms with Crippen LogP contribution in [-0.4, -0.2) is 32.4 Å². The van der Waals surface area contributed by atoms with Crippen LogP contribution in [-0.2, 0) is 47.3 Å². The van der Waals surface area contributed by atoms with Gasteiger partial charge in [0.1, 0.15) is 34.5 Å². The number of ether oxygens (including phenoxy) is 2. The molecule has 0 amide bonds. The maximum absolute atomic E-state index is 14.1. The van der Waals surface area contributed by atoms with E-state index in [0.29, 0.717) is 56.0 Å². The predicted molar refractivity (Wildman–Crippen MR) is 261 cm³/mol. The highest BCUT2D eigenvalue weighted by molar-refractivity contribution is 5.92. The van der Waals surface area contributed by atoms with Gasteiger partial charge in [-0.25, -0.2) is 9.59 Å². The van der Waals surface area contributed by atoms with Crippen molar-refractivity contribution in [2.45, 2.75) is 130 Å². The Morgan fingerprint density at radius 3 is 0.848 bits per heavy atom. The molecule has 66 heavy (non-hydrogen) atoms. The molecule has 1 aliphatic carbocycles. The Morgan fingerprint density at radius 2 is 0.621 bits per heavy atom. The summed E-state index contributed by atoms with van der Waals surface area (Å²) in [5.41, 5.74) is 7.94. The summed E-state index contributed by atoms with van der Waals surface area (Å²) < 4.78 is 12.9. The zero-order valence-electron chi connectivity index (χ0n) is 40.5. The van der Waals surface area contributed by atoms with E-state index in [0.717, 1.165) is 22.3 Å². The molecule has 0 fully saturated rings. The Morgan fingerprint density at radius 1 is 0.379 bits per heavy atom. The number of hydrogen-bond donors (Lipinski definition) is 4. The largest absolute Gasteiger partial charge is 0.508 e. The second-order valence-corrected chi connectivity index (χ2v) is 22.1. The van der Waals surface area contributed by atoms with E-state index in [4.69, 9.17) is 9.47 Å². The molecule has 4 N–H and O–H groups in total. The maximum atomic E-state index is 14.1. The molecule has 6 aromatic rings. The van der Waals surface area contributed by atoms with Crippen LogP contribution in [0.1, 0.15) is 171 Å². The van der Waals surface area contributed by atoms with Crippen LogP contribution in [0, 0.1) is 0 Å². The van der Waals surface area contributed by atoms with Gasteiger partial charge in [0, 0.05) is 47.9 Å². The molecule has 1 aliphatic rings. The van der Waals surface area contributed by atoms with Gasteiger partial charge < -0.3 is 29.9 Å². The number of aromatic hydroxyl groups is 4. The zero-order chi connectivity index (χ0) is 48.3. The van der Waals surface area contributed by atoms with Crippen molar-refractivity contribution in [3.8, 4) is 34.5 Å². The molecule has 8 heteroatoms.